The molecule has 0 amide bonds. The molecule has 2 atom stereocenters. The van der Waals surface area contributed by atoms with Gasteiger partial charge < -0.3 is 9.80 Å². The summed E-state index contributed by atoms with van der Waals surface area (Å²) in [6, 6.07) is 0.648. The largest absolute Gasteiger partial charge is 0.357 e. The number of fused-ring (bicyclic) bond motifs is 1. The molecule has 6 heteroatoms. The van der Waals surface area contributed by atoms with Crippen molar-refractivity contribution in [2.75, 3.05) is 31.6 Å². The van der Waals surface area contributed by atoms with Gasteiger partial charge in [-0.15, -0.1) is 0 Å². The maximum Gasteiger partial charge on any atom is 0.224 e. The number of rotatable bonds is 3. The predicted molar refractivity (Wildman–Crippen MR) is 82.2 cm³/mol. The molecule has 2 unspecified atom stereocenters. The number of halogens is 2. The summed E-state index contributed by atoms with van der Waals surface area (Å²) in [5.41, 5.74) is 0. The van der Waals surface area contributed by atoms with Gasteiger partial charge in [0.05, 0.1) is 6.20 Å². The van der Waals surface area contributed by atoms with Crippen LogP contribution in [0.5, 0.6) is 0 Å². The molecule has 3 heterocycles. The summed E-state index contributed by atoms with van der Waals surface area (Å²) >= 11 is 5.79. The third-order valence-electron chi connectivity index (χ3n) is 4.79. The Morgan fingerprint density at radius 1 is 1.33 bits per heavy atom. The Morgan fingerprint density at radius 3 is 3.00 bits per heavy atom. The lowest BCUT2D eigenvalue weighted by Crippen LogP contribution is -2.50. The van der Waals surface area contributed by atoms with E-state index in [2.05, 4.69) is 14.9 Å². The Balaban J connectivity index is 1.71. The molecular weight excluding hydrogens is 291 g/mol. The smallest absolute Gasteiger partial charge is 0.224 e. The van der Waals surface area contributed by atoms with Crippen LogP contribution in [-0.4, -0.2) is 47.6 Å². The number of nitrogens with zero attached hydrogens (tertiary/aromatic N) is 4. The first-order chi connectivity index (χ1) is 10.1. The van der Waals surface area contributed by atoms with Crippen molar-refractivity contribution in [2.45, 2.75) is 38.1 Å². The average molecular weight is 313 g/mol. The van der Waals surface area contributed by atoms with Crippen LogP contribution in [0.3, 0.4) is 0 Å². The van der Waals surface area contributed by atoms with Gasteiger partial charge >= 0.3 is 0 Å². The zero-order valence-electron chi connectivity index (χ0n) is 12.4. The average Bonchev–Trinajstić information content (AvgIpc) is 2.50. The van der Waals surface area contributed by atoms with E-state index in [1.807, 2.05) is 11.9 Å². The first-order valence-electron chi connectivity index (χ1n) is 7.78. The van der Waals surface area contributed by atoms with E-state index in [0.29, 0.717) is 17.8 Å². The second-order valence-electron chi connectivity index (χ2n) is 6.19. The summed E-state index contributed by atoms with van der Waals surface area (Å²) in [5.74, 6) is 0.485. The molecule has 0 radical (unpaired) electrons. The highest BCUT2D eigenvalue weighted by Crippen LogP contribution is 2.32. The summed E-state index contributed by atoms with van der Waals surface area (Å²) in [4.78, 5) is 12.2. The molecule has 3 rings (SSSR count). The number of hydrogen-bond acceptors (Lipinski definition) is 4. The van der Waals surface area contributed by atoms with E-state index in [1.54, 1.807) is 0 Å². The number of anilines is 1. The van der Waals surface area contributed by atoms with Crippen LogP contribution in [0.4, 0.5) is 10.2 Å². The summed E-state index contributed by atoms with van der Waals surface area (Å²) < 4.78 is 13.9. The zero-order valence-corrected chi connectivity index (χ0v) is 13.2. The van der Waals surface area contributed by atoms with E-state index in [4.69, 9.17) is 11.6 Å². The topological polar surface area (TPSA) is 32.3 Å². The molecule has 2 aliphatic heterocycles. The first kappa shape index (κ1) is 15.0. The van der Waals surface area contributed by atoms with E-state index in [1.165, 1.54) is 45.2 Å². The second kappa shape index (κ2) is 6.44. The highest BCUT2D eigenvalue weighted by atomic mass is 35.5. The normalized spacial score (nSPS) is 26.4. The molecule has 0 aromatic carbocycles. The van der Waals surface area contributed by atoms with Gasteiger partial charge in [-0.3, -0.25) is 0 Å². The van der Waals surface area contributed by atoms with Crippen molar-refractivity contribution in [3.8, 4) is 0 Å². The van der Waals surface area contributed by atoms with Crippen LogP contribution in [-0.2, 0) is 0 Å². The Bertz CT molecular complexity index is 497. The monoisotopic (exact) mass is 312 g/mol. The molecule has 2 fully saturated rings. The molecule has 2 aliphatic rings. The lowest BCUT2D eigenvalue weighted by molar-refractivity contribution is 0.0626. The lowest BCUT2D eigenvalue weighted by atomic mass is 9.83. The molecule has 21 heavy (non-hydrogen) atoms. The van der Waals surface area contributed by atoms with Gasteiger partial charge in [0.15, 0.2) is 11.6 Å². The summed E-state index contributed by atoms with van der Waals surface area (Å²) in [6.07, 6.45) is 7.50. The second-order valence-corrected chi connectivity index (χ2v) is 6.53. The van der Waals surface area contributed by atoms with E-state index in [0.717, 1.165) is 12.7 Å². The van der Waals surface area contributed by atoms with Crippen molar-refractivity contribution in [2.24, 2.45) is 5.92 Å². The minimum Gasteiger partial charge on any atom is -0.357 e. The van der Waals surface area contributed by atoms with Crippen LogP contribution < -0.4 is 4.90 Å². The van der Waals surface area contributed by atoms with Gasteiger partial charge in [-0.25, -0.2) is 9.37 Å². The molecule has 0 spiro atoms. The fraction of sp³-hybridized carbons (Fsp3) is 0.733. The molecule has 2 saturated heterocycles. The lowest BCUT2D eigenvalue weighted by Gasteiger charge is -2.45. The van der Waals surface area contributed by atoms with E-state index >= 15 is 0 Å². The van der Waals surface area contributed by atoms with Crippen molar-refractivity contribution in [3.05, 3.63) is 17.3 Å². The minimum atomic E-state index is -0.404. The van der Waals surface area contributed by atoms with Gasteiger partial charge in [0.2, 0.25) is 5.28 Å². The Hall–Kier alpha value is -0.940. The van der Waals surface area contributed by atoms with Crippen molar-refractivity contribution in [1.29, 1.82) is 0 Å². The number of hydrogen-bond donors (Lipinski definition) is 0. The predicted octanol–water partition coefficient (Wildman–Crippen LogP) is 2.97. The minimum absolute atomic E-state index is 0.0983. The van der Waals surface area contributed by atoms with Crippen LogP contribution in [0.2, 0.25) is 5.28 Å². The summed E-state index contributed by atoms with van der Waals surface area (Å²) in [5, 5.41) is 0.0983. The Morgan fingerprint density at radius 2 is 2.14 bits per heavy atom. The number of piperidine rings is 2. The molecule has 1 aromatic rings. The van der Waals surface area contributed by atoms with Crippen molar-refractivity contribution in [3.63, 3.8) is 0 Å². The van der Waals surface area contributed by atoms with Gasteiger partial charge in [0.1, 0.15) is 0 Å². The highest BCUT2D eigenvalue weighted by Gasteiger charge is 2.33. The van der Waals surface area contributed by atoms with Crippen LogP contribution >= 0.6 is 11.6 Å². The van der Waals surface area contributed by atoms with E-state index in [-0.39, 0.29) is 5.28 Å². The third-order valence-corrected chi connectivity index (χ3v) is 4.98. The molecular formula is C15H22ClFN4. The van der Waals surface area contributed by atoms with Gasteiger partial charge in [-0.2, -0.15) is 4.98 Å². The van der Waals surface area contributed by atoms with Crippen LogP contribution in [0.1, 0.15) is 32.1 Å². The maximum atomic E-state index is 13.9. The van der Waals surface area contributed by atoms with Crippen molar-refractivity contribution in [1.82, 2.24) is 14.9 Å². The van der Waals surface area contributed by atoms with Gasteiger partial charge in [-0.1, -0.05) is 6.42 Å². The molecule has 0 N–H and O–H groups in total. The van der Waals surface area contributed by atoms with Crippen LogP contribution in [0.25, 0.3) is 0 Å². The summed E-state index contributed by atoms with van der Waals surface area (Å²) in [6.45, 7) is 3.27. The van der Waals surface area contributed by atoms with E-state index < -0.39 is 5.82 Å². The fourth-order valence-electron chi connectivity index (χ4n) is 3.83. The SMILES string of the molecule is CN(CC1CCCN2CCCCC12)c1nc(Cl)ncc1F. The van der Waals surface area contributed by atoms with Crippen molar-refractivity contribution >= 4 is 17.4 Å². The Kier molecular flexibility index (Phi) is 4.60. The first-order valence-corrected chi connectivity index (χ1v) is 8.16. The van der Waals surface area contributed by atoms with Crippen LogP contribution in [0.15, 0.2) is 6.20 Å². The molecule has 0 aliphatic carbocycles. The Labute approximate surface area is 130 Å². The molecule has 4 nitrogen and oxygen atoms in total. The third kappa shape index (κ3) is 3.29. The van der Waals surface area contributed by atoms with Gasteiger partial charge in [-0.05, 0) is 56.3 Å². The van der Waals surface area contributed by atoms with Crippen molar-refractivity contribution < 1.29 is 4.39 Å². The zero-order chi connectivity index (χ0) is 14.8. The van der Waals surface area contributed by atoms with E-state index in [9.17, 15) is 4.39 Å². The van der Waals surface area contributed by atoms with Gasteiger partial charge in [0, 0.05) is 19.6 Å². The summed E-state index contributed by atoms with van der Waals surface area (Å²) in [7, 11) is 1.89. The van der Waals surface area contributed by atoms with Gasteiger partial charge in [0.25, 0.3) is 0 Å². The molecule has 0 saturated carbocycles. The number of aromatic nitrogens is 2. The fourth-order valence-corrected chi connectivity index (χ4v) is 3.96. The molecule has 0 bridgehead atoms. The quantitative estimate of drug-likeness (QED) is 0.803. The molecule has 1 aromatic heterocycles. The highest BCUT2D eigenvalue weighted by molar-refractivity contribution is 6.28. The van der Waals surface area contributed by atoms with Crippen LogP contribution in [0, 0.1) is 11.7 Å². The standard InChI is InChI=1S/C15H22ClFN4/c1-20(14-12(17)9-18-15(16)19-14)10-11-5-4-8-21-7-3-2-6-13(11)21/h9,11,13H,2-8,10H2,1H3. The molecule has 116 valence electrons. The maximum absolute atomic E-state index is 13.9.